The first kappa shape index (κ1) is 7.98. The van der Waals surface area contributed by atoms with Gasteiger partial charge in [-0.2, -0.15) is 0 Å². The first-order valence-electron chi connectivity index (χ1n) is 5.34. The van der Waals surface area contributed by atoms with Crippen LogP contribution in [-0.2, 0) is 11.8 Å². The molecular formula is C11H15NS. The van der Waals surface area contributed by atoms with Crippen LogP contribution in [-0.4, -0.2) is 4.98 Å². The highest BCUT2D eigenvalue weighted by atomic mass is 32.1. The molecule has 1 fully saturated rings. The minimum Gasteiger partial charge on any atom is -0.249 e. The summed E-state index contributed by atoms with van der Waals surface area (Å²) < 4.78 is 0. The maximum atomic E-state index is 4.59. The zero-order valence-electron chi connectivity index (χ0n) is 7.88. The molecule has 0 radical (unpaired) electrons. The Morgan fingerprint density at radius 1 is 1.15 bits per heavy atom. The topological polar surface area (TPSA) is 12.9 Å². The number of thiazole rings is 1. The van der Waals surface area contributed by atoms with Crippen molar-refractivity contribution in [3.8, 4) is 0 Å². The van der Waals surface area contributed by atoms with Gasteiger partial charge in [-0.15, -0.1) is 11.3 Å². The first-order chi connectivity index (χ1) is 6.41. The van der Waals surface area contributed by atoms with Gasteiger partial charge >= 0.3 is 0 Å². The van der Waals surface area contributed by atoms with Gasteiger partial charge in [0, 0.05) is 10.3 Å². The first-order valence-corrected chi connectivity index (χ1v) is 6.22. The lowest BCUT2D eigenvalue weighted by Crippen LogP contribution is -2.26. The molecule has 70 valence electrons. The summed E-state index contributed by atoms with van der Waals surface area (Å²) >= 11 is 1.87. The van der Waals surface area contributed by atoms with Crippen LogP contribution in [0, 0.1) is 0 Å². The number of fused-ring (bicyclic) bond motifs is 2. The highest BCUT2D eigenvalue weighted by Gasteiger charge is 2.41. The number of rotatable bonds is 0. The summed E-state index contributed by atoms with van der Waals surface area (Å²) in [4.78, 5) is 6.18. The Labute approximate surface area is 83.2 Å². The quantitative estimate of drug-likeness (QED) is 0.616. The molecule has 0 N–H and O–H groups in total. The van der Waals surface area contributed by atoms with Crippen molar-refractivity contribution in [2.75, 3.05) is 0 Å². The van der Waals surface area contributed by atoms with Gasteiger partial charge in [-0.05, 0) is 25.7 Å². The van der Waals surface area contributed by atoms with Crippen molar-refractivity contribution in [1.29, 1.82) is 0 Å². The Balaban J connectivity index is 2.00. The Kier molecular flexibility index (Phi) is 1.72. The third-order valence-corrected chi connectivity index (χ3v) is 4.68. The SMILES string of the molecule is c1nc2c(s1)CCC21CCCCC1. The van der Waals surface area contributed by atoms with E-state index in [1.165, 1.54) is 50.6 Å². The molecule has 0 aliphatic heterocycles. The highest BCUT2D eigenvalue weighted by Crippen LogP contribution is 2.48. The van der Waals surface area contributed by atoms with Crippen molar-refractivity contribution in [1.82, 2.24) is 4.98 Å². The van der Waals surface area contributed by atoms with E-state index in [1.54, 1.807) is 4.88 Å². The van der Waals surface area contributed by atoms with Gasteiger partial charge in [-0.25, -0.2) is 4.98 Å². The van der Waals surface area contributed by atoms with Gasteiger partial charge in [0.05, 0.1) is 11.2 Å². The summed E-state index contributed by atoms with van der Waals surface area (Å²) in [5.74, 6) is 0. The Morgan fingerprint density at radius 2 is 2.00 bits per heavy atom. The molecule has 2 aliphatic rings. The van der Waals surface area contributed by atoms with E-state index in [9.17, 15) is 0 Å². The van der Waals surface area contributed by atoms with E-state index in [0.29, 0.717) is 5.41 Å². The maximum absolute atomic E-state index is 4.59. The van der Waals surface area contributed by atoms with Crippen LogP contribution in [0.25, 0.3) is 0 Å². The number of nitrogens with zero attached hydrogens (tertiary/aromatic N) is 1. The van der Waals surface area contributed by atoms with Gasteiger partial charge in [0.25, 0.3) is 0 Å². The van der Waals surface area contributed by atoms with Gasteiger partial charge < -0.3 is 0 Å². The van der Waals surface area contributed by atoms with Crippen molar-refractivity contribution >= 4 is 11.3 Å². The standard InChI is InChI=1S/C11H15NS/c1-2-5-11(6-3-1)7-4-9-10(11)12-8-13-9/h8H,1-7H2. The molecule has 0 atom stereocenters. The molecule has 1 heterocycles. The van der Waals surface area contributed by atoms with E-state index < -0.39 is 0 Å². The molecule has 1 spiro atoms. The summed E-state index contributed by atoms with van der Waals surface area (Å²) in [7, 11) is 0. The molecular weight excluding hydrogens is 178 g/mol. The van der Waals surface area contributed by atoms with Gasteiger partial charge in [-0.1, -0.05) is 19.3 Å². The normalized spacial score (nSPS) is 24.9. The molecule has 2 aliphatic carbocycles. The third-order valence-electron chi connectivity index (χ3n) is 3.78. The number of hydrogen-bond donors (Lipinski definition) is 0. The van der Waals surface area contributed by atoms with Gasteiger partial charge in [0.1, 0.15) is 0 Å². The van der Waals surface area contributed by atoms with Crippen LogP contribution >= 0.6 is 11.3 Å². The molecule has 0 unspecified atom stereocenters. The Hall–Kier alpha value is -0.370. The van der Waals surface area contributed by atoms with E-state index in [0.717, 1.165) is 0 Å². The number of hydrogen-bond acceptors (Lipinski definition) is 2. The number of aromatic nitrogens is 1. The van der Waals surface area contributed by atoms with E-state index >= 15 is 0 Å². The lowest BCUT2D eigenvalue weighted by molar-refractivity contribution is 0.286. The Bertz CT molecular complexity index is 310. The van der Waals surface area contributed by atoms with Crippen LogP contribution in [0.15, 0.2) is 5.51 Å². The van der Waals surface area contributed by atoms with Gasteiger partial charge in [0.2, 0.25) is 0 Å². The lowest BCUT2D eigenvalue weighted by Gasteiger charge is -2.32. The predicted octanol–water partition coefficient (Wildman–Crippen LogP) is 3.29. The van der Waals surface area contributed by atoms with Crippen molar-refractivity contribution in [2.45, 2.75) is 50.4 Å². The lowest BCUT2D eigenvalue weighted by atomic mass is 9.72. The average molecular weight is 193 g/mol. The highest BCUT2D eigenvalue weighted by molar-refractivity contribution is 7.09. The van der Waals surface area contributed by atoms with E-state index in [1.807, 2.05) is 16.8 Å². The molecule has 0 bridgehead atoms. The van der Waals surface area contributed by atoms with Gasteiger partial charge in [0.15, 0.2) is 0 Å². The summed E-state index contributed by atoms with van der Waals surface area (Å²) in [6, 6.07) is 0. The summed E-state index contributed by atoms with van der Waals surface area (Å²) in [6.45, 7) is 0. The fraction of sp³-hybridized carbons (Fsp3) is 0.727. The van der Waals surface area contributed by atoms with Crippen molar-refractivity contribution in [2.24, 2.45) is 0 Å². The van der Waals surface area contributed by atoms with Crippen LogP contribution in [0.2, 0.25) is 0 Å². The molecule has 13 heavy (non-hydrogen) atoms. The predicted molar refractivity (Wildman–Crippen MR) is 55.2 cm³/mol. The van der Waals surface area contributed by atoms with Crippen molar-refractivity contribution < 1.29 is 0 Å². The second-order valence-electron chi connectivity index (χ2n) is 4.47. The average Bonchev–Trinajstić information content (AvgIpc) is 2.73. The molecule has 3 rings (SSSR count). The summed E-state index contributed by atoms with van der Waals surface area (Å²) in [5, 5.41) is 0. The fourth-order valence-electron chi connectivity index (χ4n) is 3.07. The van der Waals surface area contributed by atoms with Crippen molar-refractivity contribution in [3.63, 3.8) is 0 Å². The van der Waals surface area contributed by atoms with E-state index in [4.69, 9.17) is 0 Å². The zero-order valence-corrected chi connectivity index (χ0v) is 8.70. The Morgan fingerprint density at radius 3 is 2.85 bits per heavy atom. The second-order valence-corrected chi connectivity index (χ2v) is 5.40. The zero-order chi connectivity index (χ0) is 8.73. The molecule has 1 saturated carbocycles. The third kappa shape index (κ3) is 1.08. The molecule has 1 aromatic rings. The minimum absolute atomic E-state index is 0.535. The van der Waals surface area contributed by atoms with Crippen LogP contribution in [0.5, 0.6) is 0 Å². The summed E-state index contributed by atoms with van der Waals surface area (Å²) in [6.07, 6.45) is 9.81. The van der Waals surface area contributed by atoms with Gasteiger partial charge in [-0.3, -0.25) is 0 Å². The maximum Gasteiger partial charge on any atom is 0.0797 e. The molecule has 0 saturated heterocycles. The fourth-order valence-corrected chi connectivity index (χ4v) is 3.95. The molecule has 0 amide bonds. The smallest absolute Gasteiger partial charge is 0.0797 e. The van der Waals surface area contributed by atoms with Crippen molar-refractivity contribution in [3.05, 3.63) is 16.1 Å². The second kappa shape index (κ2) is 2.81. The van der Waals surface area contributed by atoms with Crippen LogP contribution in [0.1, 0.15) is 49.1 Å². The molecule has 1 nitrogen and oxygen atoms in total. The van der Waals surface area contributed by atoms with E-state index in [-0.39, 0.29) is 0 Å². The van der Waals surface area contributed by atoms with Crippen LogP contribution in [0.3, 0.4) is 0 Å². The molecule has 0 aromatic carbocycles. The largest absolute Gasteiger partial charge is 0.249 e. The summed E-state index contributed by atoms with van der Waals surface area (Å²) in [5.41, 5.74) is 4.06. The molecule has 2 heteroatoms. The minimum atomic E-state index is 0.535. The van der Waals surface area contributed by atoms with Crippen LogP contribution in [0.4, 0.5) is 0 Å². The van der Waals surface area contributed by atoms with Crippen LogP contribution < -0.4 is 0 Å². The number of aryl methyl sites for hydroxylation is 1. The van der Waals surface area contributed by atoms with E-state index in [2.05, 4.69) is 4.98 Å². The molecule has 1 aromatic heterocycles. The monoisotopic (exact) mass is 193 g/mol.